The second-order valence-corrected chi connectivity index (χ2v) is 4.63. The Labute approximate surface area is 114 Å². The third-order valence-electron chi connectivity index (χ3n) is 2.21. The van der Waals surface area contributed by atoms with Gasteiger partial charge in [-0.15, -0.1) is 10.2 Å². The van der Waals surface area contributed by atoms with E-state index in [-0.39, 0.29) is 17.4 Å². The van der Waals surface area contributed by atoms with Crippen LogP contribution >= 0.6 is 11.8 Å². The van der Waals surface area contributed by atoms with Gasteiger partial charge in [0.1, 0.15) is 5.75 Å². The number of carbonyl (C=O) groups excluding carboxylic acids is 1. The molecule has 1 aromatic carbocycles. The lowest BCUT2D eigenvalue weighted by Crippen LogP contribution is -2.13. The zero-order valence-corrected chi connectivity index (χ0v) is 11.1. The van der Waals surface area contributed by atoms with E-state index >= 15 is 0 Å². The number of hydrogen-bond donors (Lipinski definition) is 2. The Bertz CT molecular complexity index is 571. The second-order valence-electron chi connectivity index (χ2n) is 3.70. The maximum absolute atomic E-state index is 11.7. The number of amides is 1. The summed E-state index contributed by atoms with van der Waals surface area (Å²) in [7, 11) is 0. The molecule has 2 rings (SSSR count). The summed E-state index contributed by atoms with van der Waals surface area (Å²) in [6.07, 6.45) is 0.670. The van der Waals surface area contributed by atoms with Gasteiger partial charge in [-0.1, -0.05) is 24.8 Å². The first-order chi connectivity index (χ1) is 9.17. The van der Waals surface area contributed by atoms with Gasteiger partial charge in [-0.05, 0) is 12.1 Å². The Hall–Kier alpha value is -2.02. The predicted octanol–water partition coefficient (Wildman–Crippen LogP) is 2.07. The van der Waals surface area contributed by atoms with Crippen molar-refractivity contribution < 1.29 is 14.3 Å². The molecule has 1 aromatic heterocycles. The van der Waals surface area contributed by atoms with Gasteiger partial charge in [-0.2, -0.15) is 0 Å². The van der Waals surface area contributed by atoms with Gasteiger partial charge in [0.05, 0.1) is 5.75 Å². The van der Waals surface area contributed by atoms with Crippen molar-refractivity contribution in [2.75, 3.05) is 11.1 Å². The molecule has 0 spiro atoms. The fourth-order valence-corrected chi connectivity index (χ4v) is 1.93. The minimum atomic E-state index is -0.202. The predicted molar refractivity (Wildman–Crippen MR) is 71.1 cm³/mol. The summed E-state index contributed by atoms with van der Waals surface area (Å²) in [6.45, 7) is 1.91. The number of nitrogens with zero attached hydrogens (tertiary/aromatic N) is 2. The van der Waals surface area contributed by atoms with Crippen molar-refractivity contribution in [3.05, 3.63) is 30.2 Å². The summed E-state index contributed by atoms with van der Waals surface area (Å²) in [4.78, 5) is 11.7. The molecule has 2 aromatic rings. The van der Waals surface area contributed by atoms with Crippen LogP contribution in [0.2, 0.25) is 0 Å². The highest BCUT2D eigenvalue weighted by Crippen LogP contribution is 2.18. The van der Waals surface area contributed by atoms with Crippen LogP contribution in [-0.2, 0) is 11.2 Å². The summed E-state index contributed by atoms with van der Waals surface area (Å²) >= 11 is 1.17. The van der Waals surface area contributed by atoms with Crippen LogP contribution in [0.4, 0.5) is 5.69 Å². The molecule has 0 aliphatic carbocycles. The minimum absolute atomic E-state index is 0.106. The van der Waals surface area contributed by atoms with Crippen LogP contribution in [-0.4, -0.2) is 27.0 Å². The number of aryl methyl sites for hydroxylation is 1. The topological polar surface area (TPSA) is 88.2 Å². The molecular weight excluding hydrogens is 266 g/mol. The molecule has 0 radical (unpaired) electrons. The molecule has 0 aliphatic rings. The molecule has 100 valence electrons. The molecule has 0 atom stereocenters. The summed E-state index contributed by atoms with van der Waals surface area (Å²) in [6, 6.07) is 6.37. The van der Waals surface area contributed by atoms with Crippen molar-refractivity contribution in [2.24, 2.45) is 0 Å². The third-order valence-corrected chi connectivity index (χ3v) is 3.03. The Morgan fingerprint density at radius 2 is 2.32 bits per heavy atom. The largest absolute Gasteiger partial charge is 0.508 e. The van der Waals surface area contributed by atoms with Crippen LogP contribution < -0.4 is 5.32 Å². The van der Waals surface area contributed by atoms with E-state index in [1.165, 1.54) is 23.9 Å². The molecule has 2 N–H and O–H groups in total. The van der Waals surface area contributed by atoms with Crippen molar-refractivity contribution in [1.29, 1.82) is 0 Å². The molecule has 0 saturated heterocycles. The van der Waals surface area contributed by atoms with E-state index in [0.717, 1.165) is 0 Å². The van der Waals surface area contributed by atoms with Crippen LogP contribution in [0, 0.1) is 0 Å². The van der Waals surface area contributed by atoms with Gasteiger partial charge in [-0.25, -0.2) is 0 Å². The van der Waals surface area contributed by atoms with E-state index in [1.54, 1.807) is 12.1 Å². The van der Waals surface area contributed by atoms with E-state index in [0.29, 0.717) is 23.2 Å². The number of aromatic hydroxyl groups is 1. The lowest BCUT2D eigenvalue weighted by atomic mass is 10.3. The van der Waals surface area contributed by atoms with Crippen LogP contribution in [0.1, 0.15) is 12.8 Å². The van der Waals surface area contributed by atoms with Crippen molar-refractivity contribution in [3.8, 4) is 5.75 Å². The van der Waals surface area contributed by atoms with Crippen LogP contribution in [0.5, 0.6) is 5.75 Å². The van der Waals surface area contributed by atoms with E-state index in [2.05, 4.69) is 15.5 Å². The van der Waals surface area contributed by atoms with Crippen LogP contribution in [0.3, 0.4) is 0 Å². The zero-order valence-electron chi connectivity index (χ0n) is 10.3. The van der Waals surface area contributed by atoms with Gasteiger partial charge in [0.15, 0.2) is 0 Å². The SMILES string of the molecule is CCc1nnc(SCC(=O)Nc2cccc(O)c2)o1. The number of phenols is 1. The second kappa shape index (κ2) is 6.24. The highest BCUT2D eigenvalue weighted by molar-refractivity contribution is 7.99. The van der Waals surface area contributed by atoms with E-state index in [1.807, 2.05) is 6.92 Å². The molecule has 1 amide bonds. The molecule has 6 nitrogen and oxygen atoms in total. The van der Waals surface area contributed by atoms with Gasteiger partial charge >= 0.3 is 0 Å². The lowest BCUT2D eigenvalue weighted by Gasteiger charge is -2.03. The van der Waals surface area contributed by atoms with E-state index in [9.17, 15) is 9.90 Å². The Kier molecular flexibility index (Phi) is 4.40. The highest BCUT2D eigenvalue weighted by atomic mass is 32.2. The third kappa shape index (κ3) is 3.99. The fourth-order valence-electron chi connectivity index (χ4n) is 1.35. The van der Waals surface area contributed by atoms with Gasteiger partial charge < -0.3 is 14.8 Å². The standard InChI is InChI=1S/C12H13N3O3S/c1-2-11-14-15-12(18-11)19-7-10(17)13-8-4-3-5-9(16)6-8/h3-6,16H,2,7H2,1H3,(H,13,17). The quantitative estimate of drug-likeness (QED) is 0.814. The van der Waals surface area contributed by atoms with Gasteiger partial charge in [0.2, 0.25) is 11.8 Å². The normalized spacial score (nSPS) is 10.4. The first-order valence-corrected chi connectivity index (χ1v) is 6.70. The number of benzene rings is 1. The molecule has 0 aliphatic heterocycles. The summed E-state index contributed by atoms with van der Waals surface area (Å²) in [5, 5.41) is 19.9. The number of aromatic nitrogens is 2. The number of carbonyl (C=O) groups is 1. The fraction of sp³-hybridized carbons (Fsp3) is 0.250. The van der Waals surface area contributed by atoms with E-state index < -0.39 is 0 Å². The van der Waals surface area contributed by atoms with Crippen molar-refractivity contribution in [3.63, 3.8) is 0 Å². The number of thioether (sulfide) groups is 1. The first-order valence-electron chi connectivity index (χ1n) is 5.71. The Balaban J connectivity index is 1.84. The van der Waals surface area contributed by atoms with E-state index in [4.69, 9.17) is 4.42 Å². The molecule has 1 heterocycles. The Morgan fingerprint density at radius 1 is 1.47 bits per heavy atom. The molecule has 0 unspecified atom stereocenters. The maximum atomic E-state index is 11.7. The van der Waals surface area contributed by atoms with Gasteiger partial charge in [-0.3, -0.25) is 4.79 Å². The van der Waals surface area contributed by atoms with Gasteiger partial charge in [0.25, 0.3) is 5.22 Å². The van der Waals surface area contributed by atoms with Gasteiger partial charge in [0, 0.05) is 18.2 Å². The summed E-state index contributed by atoms with van der Waals surface area (Å²) in [5.41, 5.74) is 0.547. The first kappa shape index (κ1) is 13.4. The number of anilines is 1. The number of phenolic OH excluding ortho intramolecular Hbond substituents is 1. The molecule has 7 heteroatoms. The number of rotatable bonds is 5. The Morgan fingerprint density at radius 3 is 3.00 bits per heavy atom. The maximum Gasteiger partial charge on any atom is 0.277 e. The monoisotopic (exact) mass is 279 g/mol. The molecule has 0 saturated carbocycles. The lowest BCUT2D eigenvalue weighted by molar-refractivity contribution is -0.113. The summed E-state index contributed by atoms with van der Waals surface area (Å²) < 4.78 is 5.27. The average molecular weight is 279 g/mol. The molecule has 0 fully saturated rings. The number of hydrogen-bond acceptors (Lipinski definition) is 6. The van der Waals surface area contributed by atoms with Crippen molar-refractivity contribution in [2.45, 2.75) is 18.6 Å². The van der Waals surface area contributed by atoms with Crippen molar-refractivity contribution in [1.82, 2.24) is 10.2 Å². The minimum Gasteiger partial charge on any atom is -0.508 e. The van der Waals surface area contributed by atoms with Crippen molar-refractivity contribution >= 4 is 23.4 Å². The van der Waals surface area contributed by atoms with Crippen LogP contribution in [0.15, 0.2) is 33.9 Å². The molecular formula is C12H13N3O3S. The summed E-state index contributed by atoms with van der Waals surface area (Å²) in [5.74, 6) is 0.624. The molecule has 19 heavy (non-hydrogen) atoms. The molecule has 0 bridgehead atoms. The smallest absolute Gasteiger partial charge is 0.277 e. The number of nitrogens with one attached hydrogen (secondary N) is 1. The highest BCUT2D eigenvalue weighted by Gasteiger charge is 2.09. The zero-order chi connectivity index (χ0) is 13.7. The average Bonchev–Trinajstić information content (AvgIpc) is 2.84. The van der Waals surface area contributed by atoms with Crippen LogP contribution in [0.25, 0.3) is 0 Å².